The lowest BCUT2D eigenvalue weighted by atomic mass is 10.1. The molecule has 2 N–H and O–H groups in total. The number of ether oxygens (including phenoxy) is 2. The van der Waals surface area contributed by atoms with Crippen LogP contribution in [-0.2, 0) is 9.47 Å². The minimum atomic E-state index is -0.446. The van der Waals surface area contributed by atoms with Gasteiger partial charge in [-0.05, 0) is 40.5 Å². The van der Waals surface area contributed by atoms with E-state index in [1.165, 1.54) is 0 Å². The van der Waals surface area contributed by atoms with Gasteiger partial charge in [-0.25, -0.2) is 4.79 Å². The average molecular weight is 258 g/mol. The summed E-state index contributed by atoms with van der Waals surface area (Å²) in [6.45, 7) is 9.95. The van der Waals surface area contributed by atoms with E-state index in [1.807, 2.05) is 27.7 Å². The Kier molecular flexibility index (Phi) is 5.88. The summed E-state index contributed by atoms with van der Waals surface area (Å²) in [6.07, 6.45) is 1.72. The van der Waals surface area contributed by atoms with Crippen molar-refractivity contribution in [3.63, 3.8) is 0 Å². The van der Waals surface area contributed by atoms with Gasteiger partial charge in [0.05, 0.1) is 0 Å². The standard InChI is InChI=1S/C13H26N2O3/c1-10(15-12(16)18-13(2,3)4)9-14-11-5-7-17-8-6-11/h10-11,14H,5-9H2,1-4H3,(H,15,16). The fourth-order valence-corrected chi connectivity index (χ4v) is 1.80. The molecule has 1 aliphatic heterocycles. The molecule has 0 spiro atoms. The lowest BCUT2D eigenvalue weighted by Gasteiger charge is -2.26. The average Bonchev–Trinajstić information content (AvgIpc) is 2.25. The van der Waals surface area contributed by atoms with Gasteiger partial charge in [-0.2, -0.15) is 0 Å². The Bertz CT molecular complexity index is 257. The second-order valence-electron chi connectivity index (χ2n) is 5.84. The number of nitrogens with one attached hydrogen (secondary N) is 2. The van der Waals surface area contributed by atoms with Gasteiger partial charge < -0.3 is 20.1 Å². The molecule has 1 rings (SSSR count). The van der Waals surface area contributed by atoms with E-state index >= 15 is 0 Å². The summed E-state index contributed by atoms with van der Waals surface area (Å²) < 4.78 is 10.5. The van der Waals surface area contributed by atoms with Gasteiger partial charge in [-0.3, -0.25) is 0 Å². The largest absolute Gasteiger partial charge is 0.444 e. The summed E-state index contributed by atoms with van der Waals surface area (Å²) in [7, 11) is 0. The van der Waals surface area contributed by atoms with E-state index < -0.39 is 5.60 Å². The molecule has 1 aliphatic rings. The lowest BCUT2D eigenvalue weighted by Crippen LogP contribution is -2.46. The molecule has 5 heteroatoms. The molecule has 0 aromatic heterocycles. The van der Waals surface area contributed by atoms with E-state index in [0.29, 0.717) is 6.04 Å². The maximum absolute atomic E-state index is 11.5. The minimum absolute atomic E-state index is 0.0581. The molecule has 1 saturated heterocycles. The third-order valence-electron chi connectivity index (χ3n) is 2.70. The van der Waals surface area contributed by atoms with Gasteiger partial charge in [0.1, 0.15) is 5.60 Å². The van der Waals surface area contributed by atoms with Crippen LogP contribution >= 0.6 is 0 Å². The van der Waals surface area contributed by atoms with E-state index in [4.69, 9.17) is 9.47 Å². The fourth-order valence-electron chi connectivity index (χ4n) is 1.80. The number of alkyl carbamates (subject to hydrolysis) is 1. The first kappa shape index (κ1) is 15.2. The second-order valence-corrected chi connectivity index (χ2v) is 5.84. The van der Waals surface area contributed by atoms with Crippen LogP contribution in [0.25, 0.3) is 0 Å². The van der Waals surface area contributed by atoms with Crippen LogP contribution in [0.3, 0.4) is 0 Å². The first-order valence-electron chi connectivity index (χ1n) is 6.67. The molecule has 1 amide bonds. The Hall–Kier alpha value is -0.810. The normalized spacial score (nSPS) is 19.3. The number of rotatable bonds is 4. The van der Waals surface area contributed by atoms with Crippen LogP contribution < -0.4 is 10.6 Å². The SMILES string of the molecule is CC(CNC1CCOCC1)NC(=O)OC(C)(C)C. The van der Waals surface area contributed by atoms with Crippen LogP contribution in [-0.4, -0.2) is 43.5 Å². The molecule has 0 aromatic rings. The van der Waals surface area contributed by atoms with Gasteiger partial charge >= 0.3 is 6.09 Å². The van der Waals surface area contributed by atoms with Gasteiger partial charge in [0, 0.05) is 31.8 Å². The number of amides is 1. The molecular formula is C13H26N2O3. The Morgan fingerprint density at radius 2 is 2.00 bits per heavy atom. The maximum Gasteiger partial charge on any atom is 0.407 e. The highest BCUT2D eigenvalue weighted by molar-refractivity contribution is 5.68. The molecule has 5 nitrogen and oxygen atoms in total. The molecule has 1 heterocycles. The molecule has 1 unspecified atom stereocenters. The molecule has 0 radical (unpaired) electrons. The first-order chi connectivity index (χ1) is 8.37. The maximum atomic E-state index is 11.5. The van der Waals surface area contributed by atoms with Gasteiger partial charge in [-0.15, -0.1) is 0 Å². The van der Waals surface area contributed by atoms with Crippen LogP contribution in [0.15, 0.2) is 0 Å². The number of carbonyl (C=O) groups is 1. The zero-order valence-corrected chi connectivity index (χ0v) is 11.9. The quantitative estimate of drug-likeness (QED) is 0.805. The zero-order chi connectivity index (χ0) is 13.6. The van der Waals surface area contributed by atoms with Crippen LogP contribution in [0.1, 0.15) is 40.5 Å². The summed E-state index contributed by atoms with van der Waals surface area (Å²) in [5.41, 5.74) is -0.446. The molecule has 1 fully saturated rings. The van der Waals surface area contributed by atoms with Crippen molar-refractivity contribution < 1.29 is 14.3 Å². The van der Waals surface area contributed by atoms with E-state index in [0.717, 1.165) is 32.6 Å². The predicted molar refractivity (Wildman–Crippen MR) is 70.7 cm³/mol. The topological polar surface area (TPSA) is 59.6 Å². The summed E-state index contributed by atoms with van der Waals surface area (Å²) >= 11 is 0. The van der Waals surface area contributed by atoms with Crippen LogP contribution in [0.5, 0.6) is 0 Å². The Morgan fingerprint density at radius 3 is 2.56 bits per heavy atom. The highest BCUT2D eigenvalue weighted by atomic mass is 16.6. The highest BCUT2D eigenvalue weighted by Crippen LogP contribution is 2.07. The van der Waals surface area contributed by atoms with Gasteiger partial charge in [0.2, 0.25) is 0 Å². The molecule has 18 heavy (non-hydrogen) atoms. The second kappa shape index (κ2) is 6.95. The number of hydrogen-bond acceptors (Lipinski definition) is 4. The van der Waals surface area contributed by atoms with Crippen molar-refractivity contribution in [3.8, 4) is 0 Å². The minimum Gasteiger partial charge on any atom is -0.444 e. The Labute approximate surface area is 110 Å². The predicted octanol–water partition coefficient (Wildman–Crippen LogP) is 1.67. The van der Waals surface area contributed by atoms with E-state index in [2.05, 4.69) is 10.6 Å². The van der Waals surface area contributed by atoms with Crippen molar-refractivity contribution in [1.29, 1.82) is 0 Å². The molecule has 0 aliphatic carbocycles. The zero-order valence-electron chi connectivity index (χ0n) is 11.9. The smallest absolute Gasteiger partial charge is 0.407 e. The number of carbonyl (C=O) groups excluding carboxylic acids is 1. The van der Waals surface area contributed by atoms with Crippen molar-refractivity contribution in [3.05, 3.63) is 0 Å². The van der Waals surface area contributed by atoms with Gasteiger partial charge in [-0.1, -0.05) is 0 Å². The molecule has 106 valence electrons. The Morgan fingerprint density at radius 1 is 1.39 bits per heavy atom. The van der Waals surface area contributed by atoms with Crippen LogP contribution in [0, 0.1) is 0 Å². The van der Waals surface area contributed by atoms with E-state index in [1.54, 1.807) is 0 Å². The summed E-state index contributed by atoms with van der Waals surface area (Å²) in [4.78, 5) is 11.5. The molecule has 0 bridgehead atoms. The summed E-state index contributed by atoms with van der Waals surface area (Å²) in [6, 6.07) is 0.560. The highest BCUT2D eigenvalue weighted by Gasteiger charge is 2.18. The third-order valence-corrected chi connectivity index (χ3v) is 2.70. The van der Waals surface area contributed by atoms with Gasteiger partial charge in [0.15, 0.2) is 0 Å². The van der Waals surface area contributed by atoms with Crippen LogP contribution in [0.2, 0.25) is 0 Å². The molecule has 0 saturated carbocycles. The van der Waals surface area contributed by atoms with Crippen molar-refractivity contribution in [2.75, 3.05) is 19.8 Å². The van der Waals surface area contributed by atoms with E-state index in [-0.39, 0.29) is 12.1 Å². The van der Waals surface area contributed by atoms with Crippen LogP contribution in [0.4, 0.5) is 4.79 Å². The lowest BCUT2D eigenvalue weighted by molar-refractivity contribution is 0.0501. The number of hydrogen-bond donors (Lipinski definition) is 2. The van der Waals surface area contributed by atoms with Crippen molar-refractivity contribution in [2.24, 2.45) is 0 Å². The third kappa shape index (κ3) is 6.81. The van der Waals surface area contributed by atoms with Gasteiger partial charge in [0.25, 0.3) is 0 Å². The molecule has 1 atom stereocenters. The van der Waals surface area contributed by atoms with E-state index in [9.17, 15) is 4.79 Å². The summed E-state index contributed by atoms with van der Waals surface area (Å²) in [5.74, 6) is 0. The monoisotopic (exact) mass is 258 g/mol. The molecular weight excluding hydrogens is 232 g/mol. The first-order valence-corrected chi connectivity index (χ1v) is 6.67. The van der Waals surface area contributed by atoms with Crippen molar-refractivity contribution >= 4 is 6.09 Å². The fraction of sp³-hybridized carbons (Fsp3) is 0.923. The van der Waals surface area contributed by atoms with Crippen molar-refractivity contribution in [2.45, 2.75) is 58.2 Å². The molecule has 0 aromatic carbocycles. The Balaban J connectivity index is 2.16. The van der Waals surface area contributed by atoms with Crippen molar-refractivity contribution in [1.82, 2.24) is 10.6 Å². The summed E-state index contributed by atoms with van der Waals surface area (Å²) in [5, 5.41) is 6.26.